The summed E-state index contributed by atoms with van der Waals surface area (Å²) in [7, 11) is 0. The second kappa shape index (κ2) is 10.8. The number of primary amides is 1. The van der Waals surface area contributed by atoms with Crippen molar-refractivity contribution >= 4 is 17.9 Å². The number of nitrogens with one attached hydrogen (secondary N) is 1. The Bertz CT molecular complexity index is 1220. The van der Waals surface area contributed by atoms with Crippen LogP contribution >= 0.6 is 0 Å². The molecule has 2 atom stereocenters. The number of carbonyl (C=O) groups is 3. The lowest BCUT2D eigenvalue weighted by molar-refractivity contribution is -0.131. The summed E-state index contributed by atoms with van der Waals surface area (Å²) in [5.74, 6) is -1.73. The summed E-state index contributed by atoms with van der Waals surface area (Å²) >= 11 is 0. The molecule has 1 aliphatic rings. The molecule has 1 aliphatic heterocycles. The lowest BCUT2D eigenvalue weighted by atomic mass is 9.93. The number of rotatable bonds is 7. The lowest BCUT2D eigenvalue weighted by Gasteiger charge is -2.35. The van der Waals surface area contributed by atoms with Gasteiger partial charge in [-0.3, -0.25) is 14.5 Å². The molecule has 0 spiro atoms. The SMILES string of the molecule is NC(=O)[C@H](Cc1cccc(F)c1)NC(=O)[C@@H]1Cc2ccccc2CN1C(=O)OCc1ccccc1. The van der Waals surface area contributed by atoms with E-state index in [9.17, 15) is 18.8 Å². The molecule has 0 aromatic heterocycles. The Morgan fingerprint density at radius 1 is 0.971 bits per heavy atom. The Morgan fingerprint density at radius 3 is 2.37 bits per heavy atom. The van der Waals surface area contributed by atoms with E-state index in [0.717, 1.165) is 16.7 Å². The smallest absolute Gasteiger partial charge is 0.411 e. The lowest BCUT2D eigenvalue weighted by Crippen LogP contribution is -2.56. The molecule has 180 valence electrons. The Balaban J connectivity index is 1.52. The molecule has 8 heteroatoms. The number of fused-ring (bicyclic) bond motifs is 1. The van der Waals surface area contributed by atoms with Crippen molar-refractivity contribution in [2.24, 2.45) is 5.73 Å². The standard InChI is InChI=1S/C27H26FN3O4/c28-22-12-6-9-19(13-22)14-23(25(29)32)30-26(33)24-15-20-10-4-5-11-21(20)16-31(24)27(34)35-17-18-7-2-1-3-8-18/h1-13,23-24H,14-17H2,(H2,29,32)(H,30,33)/t23-,24-/m0/s1. The summed E-state index contributed by atoms with van der Waals surface area (Å²) < 4.78 is 19.1. The second-order valence-corrected chi connectivity index (χ2v) is 8.45. The number of benzene rings is 3. The molecule has 0 saturated carbocycles. The minimum absolute atomic E-state index is 0.0284. The van der Waals surface area contributed by atoms with Crippen molar-refractivity contribution in [3.63, 3.8) is 0 Å². The van der Waals surface area contributed by atoms with Crippen LogP contribution in [0.25, 0.3) is 0 Å². The number of carbonyl (C=O) groups excluding carboxylic acids is 3. The molecular formula is C27H26FN3O4. The van der Waals surface area contributed by atoms with Crippen molar-refractivity contribution in [1.29, 1.82) is 0 Å². The van der Waals surface area contributed by atoms with Crippen molar-refractivity contribution in [1.82, 2.24) is 10.2 Å². The molecule has 3 N–H and O–H groups in total. The van der Waals surface area contributed by atoms with Crippen molar-refractivity contribution in [3.05, 3.63) is 107 Å². The van der Waals surface area contributed by atoms with E-state index in [1.807, 2.05) is 54.6 Å². The first-order valence-corrected chi connectivity index (χ1v) is 11.3. The maximum atomic E-state index is 13.6. The highest BCUT2D eigenvalue weighted by molar-refractivity contribution is 5.91. The van der Waals surface area contributed by atoms with Gasteiger partial charge in [-0.2, -0.15) is 0 Å². The Labute approximate surface area is 202 Å². The van der Waals surface area contributed by atoms with Crippen LogP contribution in [0, 0.1) is 5.82 Å². The largest absolute Gasteiger partial charge is 0.445 e. The van der Waals surface area contributed by atoms with E-state index < -0.39 is 35.8 Å². The molecule has 0 bridgehead atoms. The van der Waals surface area contributed by atoms with Crippen molar-refractivity contribution in [2.45, 2.75) is 38.1 Å². The van der Waals surface area contributed by atoms with E-state index in [1.165, 1.54) is 23.1 Å². The van der Waals surface area contributed by atoms with Crippen molar-refractivity contribution in [2.75, 3.05) is 0 Å². The van der Waals surface area contributed by atoms with Crippen LogP contribution < -0.4 is 11.1 Å². The summed E-state index contributed by atoms with van der Waals surface area (Å²) in [5, 5.41) is 2.66. The fraction of sp³-hybridized carbons (Fsp3) is 0.222. The average Bonchev–Trinajstić information content (AvgIpc) is 2.86. The summed E-state index contributed by atoms with van der Waals surface area (Å²) in [5.41, 5.74) is 8.72. The zero-order chi connectivity index (χ0) is 24.8. The fourth-order valence-corrected chi connectivity index (χ4v) is 4.14. The molecule has 0 radical (unpaired) electrons. The quantitative estimate of drug-likeness (QED) is 0.548. The fourth-order valence-electron chi connectivity index (χ4n) is 4.14. The zero-order valence-electron chi connectivity index (χ0n) is 19.0. The van der Waals surface area contributed by atoms with Gasteiger partial charge in [-0.25, -0.2) is 9.18 Å². The van der Waals surface area contributed by atoms with Crippen molar-refractivity contribution < 1.29 is 23.5 Å². The Hall–Kier alpha value is -4.20. The van der Waals surface area contributed by atoms with Crippen LogP contribution in [0.5, 0.6) is 0 Å². The van der Waals surface area contributed by atoms with Crippen LogP contribution in [-0.4, -0.2) is 34.9 Å². The zero-order valence-corrected chi connectivity index (χ0v) is 19.0. The van der Waals surface area contributed by atoms with E-state index in [0.29, 0.717) is 5.56 Å². The highest BCUT2D eigenvalue weighted by atomic mass is 19.1. The van der Waals surface area contributed by atoms with Crippen LogP contribution in [0.4, 0.5) is 9.18 Å². The maximum absolute atomic E-state index is 13.6. The van der Waals surface area contributed by atoms with Gasteiger partial charge in [0, 0.05) is 12.8 Å². The van der Waals surface area contributed by atoms with Crippen LogP contribution in [0.3, 0.4) is 0 Å². The number of halogens is 1. The van der Waals surface area contributed by atoms with Gasteiger partial charge in [0.25, 0.3) is 0 Å². The van der Waals surface area contributed by atoms with E-state index in [1.54, 1.807) is 6.07 Å². The van der Waals surface area contributed by atoms with Gasteiger partial charge in [0.05, 0.1) is 6.54 Å². The van der Waals surface area contributed by atoms with Gasteiger partial charge in [0.15, 0.2) is 0 Å². The van der Waals surface area contributed by atoms with E-state index in [4.69, 9.17) is 10.5 Å². The minimum atomic E-state index is -1.07. The third kappa shape index (κ3) is 6.03. The summed E-state index contributed by atoms with van der Waals surface area (Å²) in [4.78, 5) is 39.8. The predicted molar refractivity (Wildman–Crippen MR) is 127 cm³/mol. The molecule has 4 rings (SSSR count). The van der Waals surface area contributed by atoms with Gasteiger partial charge >= 0.3 is 6.09 Å². The van der Waals surface area contributed by atoms with E-state index in [2.05, 4.69) is 5.32 Å². The molecule has 0 fully saturated rings. The molecule has 35 heavy (non-hydrogen) atoms. The van der Waals surface area contributed by atoms with Crippen LogP contribution in [0.2, 0.25) is 0 Å². The monoisotopic (exact) mass is 475 g/mol. The number of amides is 3. The summed E-state index contributed by atoms with van der Waals surface area (Å²) in [6.45, 7) is 0.253. The normalized spacial score (nSPS) is 15.6. The molecule has 7 nitrogen and oxygen atoms in total. The maximum Gasteiger partial charge on any atom is 0.411 e. The third-order valence-electron chi connectivity index (χ3n) is 5.98. The molecule has 3 aromatic carbocycles. The molecule has 3 amide bonds. The number of hydrogen-bond donors (Lipinski definition) is 2. The molecule has 0 unspecified atom stereocenters. The Kier molecular flexibility index (Phi) is 7.40. The molecular weight excluding hydrogens is 449 g/mol. The predicted octanol–water partition coefficient (Wildman–Crippen LogP) is 3.10. The molecule has 1 heterocycles. The van der Waals surface area contributed by atoms with E-state index >= 15 is 0 Å². The minimum Gasteiger partial charge on any atom is -0.445 e. The van der Waals surface area contributed by atoms with Gasteiger partial charge in [0.1, 0.15) is 24.5 Å². The first-order valence-electron chi connectivity index (χ1n) is 11.3. The van der Waals surface area contributed by atoms with Crippen LogP contribution in [0.1, 0.15) is 22.3 Å². The molecule has 0 aliphatic carbocycles. The van der Waals surface area contributed by atoms with Gasteiger partial charge in [-0.15, -0.1) is 0 Å². The highest BCUT2D eigenvalue weighted by Crippen LogP contribution is 2.25. The first-order chi connectivity index (χ1) is 16.9. The number of nitrogens with zero attached hydrogens (tertiary/aromatic N) is 1. The number of hydrogen-bond acceptors (Lipinski definition) is 4. The summed E-state index contributed by atoms with van der Waals surface area (Å²) in [6, 6.07) is 20.6. The number of ether oxygens (including phenoxy) is 1. The third-order valence-corrected chi connectivity index (χ3v) is 5.98. The second-order valence-electron chi connectivity index (χ2n) is 8.45. The molecule has 0 saturated heterocycles. The van der Waals surface area contributed by atoms with Crippen molar-refractivity contribution in [3.8, 4) is 0 Å². The van der Waals surface area contributed by atoms with E-state index in [-0.39, 0.29) is 26.0 Å². The van der Waals surface area contributed by atoms with Gasteiger partial charge in [0.2, 0.25) is 11.8 Å². The van der Waals surface area contributed by atoms with Gasteiger partial charge < -0.3 is 15.8 Å². The Morgan fingerprint density at radius 2 is 1.66 bits per heavy atom. The van der Waals surface area contributed by atoms with Crippen LogP contribution in [-0.2, 0) is 40.3 Å². The summed E-state index contributed by atoms with van der Waals surface area (Å²) in [6.07, 6.45) is -0.349. The first kappa shape index (κ1) is 23.9. The number of nitrogens with two attached hydrogens (primary N) is 1. The average molecular weight is 476 g/mol. The van der Waals surface area contributed by atoms with Gasteiger partial charge in [-0.05, 0) is 34.4 Å². The van der Waals surface area contributed by atoms with Crippen LogP contribution in [0.15, 0.2) is 78.9 Å². The molecule has 3 aromatic rings. The van der Waals surface area contributed by atoms with Gasteiger partial charge in [-0.1, -0.05) is 66.7 Å². The highest BCUT2D eigenvalue weighted by Gasteiger charge is 2.37. The topological polar surface area (TPSA) is 102 Å².